The molecule has 2 aliphatic rings. The third-order valence-corrected chi connectivity index (χ3v) is 5.53. The first kappa shape index (κ1) is 18.9. The molecule has 10 heteroatoms. The molecule has 0 aliphatic carbocycles. The van der Waals surface area contributed by atoms with Crippen molar-refractivity contribution in [3.63, 3.8) is 0 Å². The van der Waals surface area contributed by atoms with E-state index in [9.17, 15) is 18.0 Å². The second kappa shape index (κ2) is 7.42. The summed E-state index contributed by atoms with van der Waals surface area (Å²) in [5, 5.41) is 7.46. The van der Waals surface area contributed by atoms with Gasteiger partial charge in [0.25, 0.3) is 0 Å². The Morgan fingerprint density at radius 3 is 2.96 bits per heavy atom. The number of carbonyl (C=O) groups excluding carboxylic acids is 1. The Morgan fingerprint density at radius 1 is 1.54 bits per heavy atom. The molecule has 1 atom stereocenters. The van der Waals surface area contributed by atoms with Gasteiger partial charge in [-0.25, -0.2) is 9.98 Å². The first-order valence-electron chi connectivity index (χ1n) is 8.63. The Labute approximate surface area is 153 Å². The number of aromatic nitrogens is 1. The zero-order valence-electron chi connectivity index (χ0n) is 14.5. The van der Waals surface area contributed by atoms with Crippen molar-refractivity contribution in [3.8, 4) is 0 Å². The highest BCUT2D eigenvalue weighted by molar-refractivity contribution is 7.09. The summed E-state index contributed by atoms with van der Waals surface area (Å²) in [6, 6.07) is 0. The number of hydrogen-bond acceptors (Lipinski definition) is 4. The molecule has 0 radical (unpaired) electrons. The molecule has 1 aromatic heterocycles. The van der Waals surface area contributed by atoms with E-state index in [1.165, 1.54) is 0 Å². The molecular formula is C16H22F3N5OS. The zero-order chi connectivity index (χ0) is 18.8. The van der Waals surface area contributed by atoms with E-state index in [-0.39, 0.29) is 17.9 Å². The van der Waals surface area contributed by atoms with Crippen LogP contribution in [-0.4, -0.2) is 47.9 Å². The molecule has 2 saturated heterocycles. The molecule has 1 aromatic rings. The summed E-state index contributed by atoms with van der Waals surface area (Å²) in [5.74, 6) is 0.742. The summed E-state index contributed by atoms with van der Waals surface area (Å²) >= 11 is 0.963. The fourth-order valence-electron chi connectivity index (χ4n) is 3.51. The number of carbonyl (C=O) groups is 1. The third kappa shape index (κ3) is 4.28. The molecule has 0 saturated carbocycles. The molecule has 26 heavy (non-hydrogen) atoms. The molecule has 144 valence electrons. The van der Waals surface area contributed by atoms with Crippen LogP contribution in [0, 0.1) is 5.41 Å². The van der Waals surface area contributed by atoms with Crippen LogP contribution >= 0.6 is 11.3 Å². The maximum Gasteiger partial charge on any atom is 0.434 e. The predicted molar refractivity (Wildman–Crippen MR) is 92.8 cm³/mol. The van der Waals surface area contributed by atoms with Crippen molar-refractivity contribution in [2.24, 2.45) is 10.4 Å². The number of alkyl halides is 3. The van der Waals surface area contributed by atoms with Gasteiger partial charge in [-0.05, 0) is 19.8 Å². The molecular weight excluding hydrogens is 367 g/mol. The second-order valence-corrected chi connectivity index (χ2v) is 7.72. The zero-order valence-corrected chi connectivity index (χ0v) is 15.3. The number of rotatable bonds is 3. The smallest absolute Gasteiger partial charge is 0.357 e. The van der Waals surface area contributed by atoms with Crippen LogP contribution in [0.15, 0.2) is 10.4 Å². The van der Waals surface area contributed by atoms with Gasteiger partial charge in [-0.1, -0.05) is 0 Å². The highest BCUT2D eigenvalue weighted by Gasteiger charge is 2.42. The highest BCUT2D eigenvalue weighted by Crippen LogP contribution is 2.36. The minimum atomic E-state index is -4.43. The van der Waals surface area contributed by atoms with Gasteiger partial charge < -0.3 is 15.5 Å². The Balaban J connectivity index is 1.70. The SMILES string of the molecule is CCNC(=NCc1nc(C(F)(F)F)cs1)N1CCCC2(CNC(=O)C2)C1. The topological polar surface area (TPSA) is 69.6 Å². The van der Waals surface area contributed by atoms with Crippen molar-refractivity contribution in [1.29, 1.82) is 0 Å². The van der Waals surface area contributed by atoms with Gasteiger partial charge in [0.15, 0.2) is 11.7 Å². The number of guanidine groups is 1. The van der Waals surface area contributed by atoms with Crippen molar-refractivity contribution >= 4 is 23.2 Å². The van der Waals surface area contributed by atoms with Crippen molar-refractivity contribution in [2.75, 3.05) is 26.2 Å². The van der Waals surface area contributed by atoms with E-state index in [0.29, 0.717) is 37.0 Å². The Hall–Kier alpha value is -1.84. The largest absolute Gasteiger partial charge is 0.434 e. The van der Waals surface area contributed by atoms with Crippen molar-refractivity contribution in [1.82, 2.24) is 20.5 Å². The summed E-state index contributed by atoms with van der Waals surface area (Å²) in [6.45, 7) is 4.90. The first-order valence-corrected chi connectivity index (χ1v) is 9.51. The summed E-state index contributed by atoms with van der Waals surface area (Å²) in [7, 11) is 0. The quantitative estimate of drug-likeness (QED) is 0.615. The number of likely N-dealkylation sites (tertiary alicyclic amines) is 1. The lowest BCUT2D eigenvalue weighted by molar-refractivity contribution is -0.140. The standard InChI is InChI=1S/C16H22F3N5OS/c1-2-20-14(21-7-13-23-11(8-26-13)16(17,18)19)24-5-3-4-15(10-24)6-12(25)22-9-15/h8H,2-7,9-10H2,1H3,(H,20,21)(H,22,25). The third-order valence-electron chi connectivity index (χ3n) is 4.70. The van der Waals surface area contributed by atoms with Crippen LogP contribution in [0.3, 0.4) is 0 Å². The molecule has 6 nitrogen and oxygen atoms in total. The highest BCUT2D eigenvalue weighted by atomic mass is 32.1. The van der Waals surface area contributed by atoms with E-state index in [0.717, 1.165) is 36.1 Å². The van der Waals surface area contributed by atoms with Crippen LogP contribution in [0.1, 0.15) is 36.9 Å². The van der Waals surface area contributed by atoms with Gasteiger partial charge in [-0.2, -0.15) is 13.2 Å². The molecule has 1 amide bonds. The summed E-state index contributed by atoms with van der Waals surface area (Å²) in [5.41, 5.74) is -0.943. The fraction of sp³-hybridized carbons (Fsp3) is 0.688. The number of piperidine rings is 1. The predicted octanol–water partition coefficient (Wildman–Crippen LogP) is 2.23. The minimum absolute atomic E-state index is 0.0733. The molecule has 2 fully saturated rings. The van der Waals surface area contributed by atoms with Crippen molar-refractivity contribution in [2.45, 2.75) is 38.9 Å². The van der Waals surface area contributed by atoms with Gasteiger partial charge >= 0.3 is 6.18 Å². The Kier molecular flexibility index (Phi) is 5.40. The van der Waals surface area contributed by atoms with Gasteiger partial charge in [0.1, 0.15) is 5.01 Å². The number of nitrogens with one attached hydrogen (secondary N) is 2. The number of amides is 1. The van der Waals surface area contributed by atoms with Crippen molar-refractivity contribution in [3.05, 3.63) is 16.1 Å². The van der Waals surface area contributed by atoms with Crippen LogP contribution < -0.4 is 10.6 Å². The van der Waals surface area contributed by atoms with Crippen LogP contribution in [0.2, 0.25) is 0 Å². The maximum absolute atomic E-state index is 12.7. The summed E-state index contributed by atoms with van der Waals surface area (Å²) < 4.78 is 38.0. The fourth-order valence-corrected chi connectivity index (χ4v) is 4.24. The van der Waals surface area contributed by atoms with E-state index in [1.54, 1.807) is 0 Å². The first-order chi connectivity index (χ1) is 12.3. The van der Waals surface area contributed by atoms with Crippen molar-refractivity contribution < 1.29 is 18.0 Å². The lowest BCUT2D eigenvalue weighted by atomic mass is 9.79. The summed E-state index contributed by atoms with van der Waals surface area (Å²) in [4.78, 5) is 21.8. The molecule has 1 spiro atoms. The maximum atomic E-state index is 12.7. The average Bonchev–Trinajstić information content (AvgIpc) is 3.19. The number of nitrogens with zero attached hydrogens (tertiary/aromatic N) is 3. The number of hydrogen-bond donors (Lipinski definition) is 2. The lowest BCUT2D eigenvalue weighted by Gasteiger charge is -2.40. The minimum Gasteiger partial charge on any atom is -0.357 e. The normalized spacial score (nSPS) is 24.2. The number of halogens is 3. The molecule has 3 rings (SSSR count). The molecule has 1 unspecified atom stereocenters. The van der Waals surface area contributed by atoms with Crippen LogP contribution in [0.4, 0.5) is 13.2 Å². The van der Waals surface area contributed by atoms with Gasteiger partial charge in [0.2, 0.25) is 5.91 Å². The summed E-state index contributed by atoms with van der Waals surface area (Å²) in [6.07, 6.45) is -1.97. The van der Waals surface area contributed by atoms with E-state index in [4.69, 9.17) is 0 Å². The number of thiazole rings is 1. The number of aliphatic imine (C=N–C) groups is 1. The van der Waals surface area contributed by atoms with Crippen LogP contribution in [0.5, 0.6) is 0 Å². The van der Waals surface area contributed by atoms with E-state index in [2.05, 4.69) is 25.5 Å². The second-order valence-electron chi connectivity index (χ2n) is 6.77. The van der Waals surface area contributed by atoms with Gasteiger partial charge in [0, 0.05) is 43.4 Å². The Bertz CT molecular complexity index is 690. The molecule has 0 aromatic carbocycles. The van der Waals surface area contributed by atoms with E-state index >= 15 is 0 Å². The van der Waals surface area contributed by atoms with Crippen LogP contribution in [-0.2, 0) is 17.5 Å². The van der Waals surface area contributed by atoms with Gasteiger partial charge in [-0.15, -0.1) is 11.3 Å². The molecule has 2 N–H and O–H groups in total. The van der Waals surface area contributed by atoms with E-state index < -0.39 is 11.9 Å². The Morgan fingerprint density at radius 2 is 2.35 bits per heavy atom. The lowest BCUT2D eigenvalue weighted by Crippen LogP contribution is -2.51. The monoisotopic (exact) mass is 389 g/mol. The van der Waals surface area contributed by atoms with Crippen LogP contribution in [0.25, 0.3) is 0 Å². The molecule has 3 heterocycles. The van der Waals surface area contributed by atoms with E-state index in [1.807, 2.05) is 6.92 Å². The molecule has 0 bridgehead atoms. The van der Waals surface area contributed by atoms with Gasteiger partial charge in [-0.3, -0.25) is 4.79 Å². The molecule has 2 aliphatic heterocycles. The van der Waals surface area contributed by atoms with Gasteiger partial charge in [0.05, 0.1) is 6.54 Å². The average molecular weight is 389 g/mol.